The number of nitrogens with zero attached hydrogens (tertiary/aromatic N) is 3. The summed E-state index contributed by atoms with van der Waals surface area (Å²) in [6.45, 7) is 21.5. The fraction of sp³-hybridized carbons (Fsp3) is 0.625. The Morgan fingerprint density at radius 3 is 1.05 bits per heavy atom. The van der Waals surface area contributed by atoms with Crippen LogP contribution in [0, 0.1) is 36.3 Å². The molecule has 6 amide bonds. The SMILES string of the molecule is CCC(CC)CN1CC[C@@H](CNC(=O)c2ccc(Cl)c(C)c2)N[C@@H](CCN)C1=O.CCC(CC)CN1CC[C@@H](CNC(=O)c2ccc(F)c(Cl)c2)N[C@@H](CCN)C1=O.CCC(CC)CN1CC[C@@H](CNC(=O)c2ccc(F)c(Cl)c2)N[C@@H](CCN)C1=O. The van der Waals surface area contributed by atoms with E-state index in [0.29, 0.717) is 118 Å². The van der Waals surface area contributed by atoms with Crippen molar-refractivity contribution in [1.29, 1.82) is 0 Å². The minimum atomic E-state index is -0.561. The van der Waals surface area contributed by atoms with E-state index in [9.17, 15) is 37.5 Å². The first-order chi connectivity index (χ1) is 41.7. The molecule has 0 radical (unpaired) electrons. The molecule has 0 aromatic heterocycles. The van der Waals surface area contributed by atoms with Gasteiger partial charge in [-0.05, 0) is 143 Å². The van der Waals surface area contributed by atoms with Gasteiger partial charge in [0.15, 0.2) is 0 Å². The quantitative estimate of drug-likeness (QED) is 0.0354. The standard InChI is InChI=1S/C22H35ClN4O2.2C21H32ClFN4O2/c1-4-16(5-2)14-27-11-9-18(26-20(8-10-24)22(27)29)13-25-21(28)17-6-7-19(23)15(3)12-17;2*1-3-14(4-2)13-27-10-8-16(26-19(7-9-24)21(27)29)12-25-20(28)15-5-6-18(23)17(22)11-15/h6-7,12,16,18,20,26H,4-5,8-11,13-14,24H2,1-3H3,(H,25,28);2*5-6,11,14,16,19,26H,3-4,7-10,12-13,24H2,1-2H3,(H,25,28)/t18-,20-;2*16-,19-/m000/s1. The van der Waals surface area contributed by atoms with Gasteiger partial charge in [-0.1, -0.05) is 115 Å². The van der Waals surface area contributed by atoms with Crippen LogP contribution in [0.2, 0.25) is 15.1 Å². The Morgan fingerprint density at radius 2 is 0.782 bits per heavy atom. The monoisotopic (exact) mass is 1270 g/mol. The first-order valence-corrected chi connectivity index (χ1v) is 32.6. The summed E-state index contributed by atoms with van der Waals surface area (Å²) in [6.07, 6.45) is 10.2. The van der Waals surface area contributed by atoms with Crippen LogP contribution < -0.4 is 49.1 Å². The Kier molecular flexibility index (Phi) is 33.5. The van der Waals surface area contributed by atoms with Crippen molar-refractivity contribution in [2.75, 3.05) is 78.5 Å². The number of nitrogens with one attached hydrogen (secondary N) is 6. The highest BCUT2D eigenvalue weighted by atomic mass is 35.5. The van der Waals surface area contributed by atoms with Gasteiger partial charge in [0.25, 0.3) is 17.7 Å². The predicted molar refractivity (Wildman–Crippen MR) is 345 cm³/mol. The van der Waals surface area contributed by atoms with Crippen LogP contribution in [-0.4, -0.2) is 165 Å². The van der Waals surface area contributed by atoms with Crippen molar-refractivity contribution < 1.29 is 37.5 Å². The van der Waals surface area contributed by atoms with Gasteiger partial charge in [-0.15, -0.1) is 0 Å². The van der Waals surface area contributed by atoms with Gasteiger partial charge in [-0.2, -0.15) is 0 Å². The number of benzene rings is 3. The van der Waals surface area contributed by atoms with Crippen LogP contribution in [0.4, 0.5) is 8.78 Å². The third-order valence-corrected chi connectivity index (χ3v) is 18.0. The molecule has 3 aromatic carbocycles. The van der Waals surface area contributed by atoms with Gasteiger partial charge in [0.2, 0.25) is 17.7 Å². The Labute approximate surface area is 530 Å². The Balaban J connectivity index is 0.000000279. The lowest BCUT2D eigenvalue weighted by atomic mass is 10.0. The maximum Gasteiger partial charge on any atom is 0.251 e. The number of nitrogens with two attached hydrogens (primary N) is 3. The minimum absolute atomic E-state index is 0.0274. The first-order valence-electron chi connectivity index (χ1n) is 31.4. The number of hydrogen-bond acceptors (Lipinski definition) is 12. The van der Waals surface area contributed by atoms with Gasteiger partial charge in [0.1, 0.15) is 11.6 Å². The highest BCUT2D eigenvalue weighted by Crippen LogP contribution is 2.22. The lowest BCUT2D eigenvalue weighted by Crippen LogP contribution is -2.50. The second-order valence-corrected chi connectivity index (χ2v) is 24.3. The average Bonchev–Trinajstić information content (AvgIpc) is 3.95. The fourth-order valence-corrected chi connectivity index (χ4v) is 11.5. The van der Waals surface area contributed by atoms with E-state index >= 15 is 0 Å². The Morgan fingerprint density at radius 1 is 0.494 bits per heavy atom. The predicted octanol–water partition coefficient (Wildman–Crippen LogP) is 7.83. The lowest BCUT2D eigenvalue weighted by molar-refractivity contribution is -0.134. The summed E-state index contributed by atoms with van der Waals surface area (Å²) in [5.41, 5.74) is 19.2. The van der Waals surface area contributed by atoms with Crippen molar-refractivity contribution in [3.8, 4) is 0 Å². The van der Waals surface area contributed by atoms with E-state index in [1.165, 1.54) is 36.4 Å². The van der Waals surface area contributed by atoms with Crippen LogP contribution in [0.1, 0.15) is 155 Å². The third-order valence-electron chi connectivity index (χ3n) is 17.0. The number of amides is 6. The molecule has 6 atom stereocenters. The molecule has 0 unspecified atom stereocenters. The fourth-order valence-electron chi connectivity index (χ4n) is 11.0. The molecule has 0 bridgehead atoms. The summed E-state index contributed by atoms with van der Waals surface area (Å²) < 4.78 is 26.6. The van der Waals surface area contributed by atoms with Gasteiger partial charge in [0, 0.05) is 98.7 Å². The van der Waals surface area contributed by atoms with Crippen LogP contribution >= 0.6 is 34.8 Å². The topological polar surface area (TPSA) is 262 Å². The van der Waals surface area contributed by atoms with Crippen molar-refractivity contribution >= 4 is 70.2 Å². The van der Waals surface area contributed by atoms with Gasteiger partial charge in [-0.3, -0.25) is 28.8 Å². The van der Waals surface area contributed by atoms with E-state index < -0.39 is 11.6 Å². The molecule has 18 nitrogen and oxygen atoms in total. The molecule has 3 heterocycles. The number of carbonyl (C=O) groups excluding carboxylic acids is 6. The normalized spacial score (nSPS) is 20.1. The minimum Gasteiger partial charge on any atom is -0.350 e. The highest BCUT2D eigenvalue weighted by molar-refractivity contribution is 6.32. The Bertz CT molecular complexity index is 2370. The second kappa shape index (κ2) is 39.2. The third kappa shape index (κ3) is 24.0. The second-order valence-electron chi connectivity index (χ2n) is 23.1. The maximum atomic E-state index is 13.3. The molecule has 23 heteroatoms. The van der Waals surface area contributed by atoms with Crippen molar-refractivity contribution in [3.63, 3.8) is 0 Å². The number of halogens is 5. The van der Waals surface area contributed by atoms with E-state index in [4.69, 9.17) is 52.0 Å². The largest absolute Gasteiger partial charge is 0.350 e. The summed E-state index contributed by atoms with van der Waals surface area (Å²) in [6, 6.07) is 11.9. The van der Waals surface area contributed by atoms with E-state index in [1.807, 2.05) is 21.6 Å². The zero-order chi connectivity index (χ0) is 64.2. The lowest BCUT2D eigenvalue weighted by Gasteiger charge is -2.27. The molecule has 486 valence electrons. The average molecular weight is 1280 g/mol. The summed E-state index contributed by atoms with van der Waals surface area (Å²) in [5, 5.41) is 19.3. The molecule has 3 fully saturated rings. The zero-order valence-corrected chi connectivity index (χ0v) is 54.5. The van der Waals surface area contributed by atoms with E-state index in [0.717, 1.165) is 83.0 Å². The van der Waals surface area contributed by atoms with Gasteiger partial charge < -0.3 is 63.8 Å². The van der Waals surface area contributed by atoms with Gasteiger partial charge in [0.05, 0.1) is 28.2 Å². The van der Waals surface area contributed by atoms with Crippen molar-refractivity contribution in [2.24, 2.45) is 35.0 Å². The van der Waals surface area contributed by atoms with Crippen LogP contribution in [0.25, 0.3) is 0 Å². The number of hydrogen-bond donors (Lipinski definition) is 9. The van der Waals surface area contributed by atoms with Crippen molar-refractivity contribution in [1.82, 2.24) is 46.6 Å². The molecule has 3 aliphatic heterocycles. The smallest absolute Gasteiger partial charge is 0.251 e. The molecule has 87 heavy (non-hydrogen) atoms. The van der Waals surface area contributed by atoms with Crippen LogP contribution in [0.5, 0.6) is 0 Å². The number of carbonyl (C=O) groups is 6. The Hall–Kier alpha value is -5.03. The molecular formula is C64H99Cl3F2N12O6. The van der Waals surface area contributed by atoms with Gasteiger partial charge in [-0.25, -0.2) is 8.78 Å². The summed E-state index contributed by atoms with van der Waals surface area (Å²) in [4.78, 5) is 82.0. The molecule has 6 rings (SSSR count). The summed E-state index contributed by atoms with van der Waals surface area (Å²) >= 11 is 17.6. The highest BCUT2D eigenvalue weighted by Gasteiger charge is 2.34. The molecule has 0 spiro atoms. The van der Waals surface area contributed by atoms with Gasteiger partial charge >= 0.3 is 0 Å². The molecule has 0 aliphatic carbocycles. The maximum absolute atomic E-state index is 13.3. The molecule has 3 aromatic rings. The van der Waals surface area contributed by atoms with E-state index in [1.54, 1.807) is 18.2 Å². The zero-order valence-electron chi connectivity index (χ0n) is 52.3. The molecule has 12 N–H and O–H groups in total. The van der Waals surface area contributed by atoms with Crippen molar-refractivity contribution in [2.45, 2.75) is 162 Å². The van der Waals surface area contributed by atoms with E-state index in [-0.39, 0.29) is 81.7 Å². The summed E-state index contributed by atoms with van der Waals surface area (Å²) in [5.74, 6) is -0.125. The molecule has 3 aliphatic rings. The number of rotatable bonds is 27. The first kappa shape index (κ1) is 74.4. The van der Waals surface area contributed by atoms with Crippen LogP contribution in [-0.2, 0) is 14.4 Å². The molecule has 3 saturated heterocycles. The number of aryl methyl sites for hydroxylation is 1. The molecular weight excluding hydrogens is 1180 g/mol. The van der Waals surface area contributed by atoms with Crippen LogP contribution in [0.3, 0.4) is 0 Å². The van der Waals surface area contributed by atoms with Crippen molar-refractivity contribution in [3.05, 3.63) is 104 Å². The summed E-state index contributed by atoms with van der Waals surface area (Å²) in [7, 11) is 0. The van der Waals surface area contributed by atoms with E-state index in [2.05, 4.69) is 73.4 Å². The molecule has 0 saturated carbocycles. The van der Waals surface area contributed by atoms with Crippen LogP contribution in [0.15, 0.2) is 54.6 Å².